The van der Waals surface area contributed by atoms with Crippen molar-refractivity contribution in [2.24, 2.45) is 0 Å². The minimum atomic E-state index is -0.642. The number of nitrogens with zero attached hydrogens (tertiary/aromatic N) is 1. The third-order valence-corrected chi connectivity index (χ3v) is 2.77. The van der Waals surface area contributed by atoms with Gasteiger partial charge in [-0.1, -0.05) is 15.9 Å². The maximum absolute atomic E-state index is 11.4. The van der Waals surface area contributed by atoms with Gasteiger partial charge in [0.05, 0.1) is 6.10 Å². The van der Waals surface area contributed by atoms with Gasteiger partial charge in [0.25, 0.3) is 5.91 Å². The summed E-state index contributed by atoms with van der Waals surface area (Å²) in [6, 6.07) is 5.32. The van der Waals surface area contributed by atoms with Gasteiger partial charge in [-0.15, -0.1) is 0 Å². The molecule has 1 aromatic carbocycles. The van der Waals surface area contributed by atoms with Crippen molar-refractivity contribution < 1.29 is 14.6 Å². The molecule has 0 spiro atoms. The number of carbonyl (C=O) groups is 1. The van der Waals surface area contributed by atoms with Crippen LogP contribution in [0.25, 0.3) is 0 Å². The number of carbonyl (C=O) groups excluding carboxylic acids is 1. The first-order chi connectivity index (χ1) is 7.91. The van der Waals surface area contributed by atoms with E-state index in [-0.39, 0.29) is 12.5 Å². The van der Waals surface area contributed by atoms with E-state index in [0.717, 1.165) is 4.47 Å². The Labute approximate surface area is 109 Å². The maximum atomic E-state index is 11.4. The van der Waals surface area contributed by atoms with Crippen molar-refractivity contribution in [2.45, 2.75) is 13.0 Å². The molecule has 1 rings (SSSR count). The third-order valence-electron chi connectivity index (χ3n) is 2.27. The Bertz CT molecular complexity index is 405. The zero-order chi connectivity index (χ0) is 13.0. The molecule has 1 N–H and O–H groups in total. The lowest BCUT2D eigenvalue weighted by molar-refractivity contribution is -0.130. The summed E-state index contributed by atoms with van der Waals surface area (Å²) in [6.45, 7) is 1.62. The first-order valence-electron chi connectivity index (χ1n) is 5.22. The fourth-order valence-corrected chi connectivity index (χ4v) is 1.62. The third kappa shape index (κ3) is 4.02. The Balaban J connectivity index is 2.80. The Kier molecular flexibility index (Phi) is 4.96. The Morgan fingerprint density at radius 3 is 2.71 bits per heavy atom. The van der Waals surface area contributed by atoms with Crippen molar-refractivity contribution in [1.29, 1.82) is 0 Å². The van der Waals surface area contributed by atoms with Crippen LogP contribution < -0.4 is 4.74 Å². The first-order valence-corrected chi connectivity index (χ1v) is 6.01. The van der Waals surface area contributed by atoms with Gasteiger partial charge in [-0.25, -0.2) is 0 Å². The quantitative estimate of drug-likeness (QED) is 0.925. The van der Waals surface area contributed by atoms with Gasteiger partial charge >= 0.3 is 0 Å². The summed E-state index contributed by atoms with van der Waals surface area (Å²) in [7, 11) is 3.34. The van der Waals surface area contributed by atoms with E-state index < -0.39 is 6.10 Å². The molecule has 0 aliphatic heterocycles. The molecule has 0 radical (unpaired) electrons. The first kappa shape index (κ1) is 14.0. The van der Waals surface area contributed by atoms with Gasteiger partial charge in [0, 0.05) is 24.1 Å². The second-order valence-electron chi connectivity index (χ2n) is 3.93. The fourth-order valence-electron chi connectivity index (χ4n) is 1.25. The standard InChI is InChI=1S/C12H16BrNO3/c1-8(15)10-6-9(13)4-5-11(10)17-7-12(16)14(2)3/h4-6,8,15H,7H2,1-3H3/t8-/m1/s1. The van der Waals surface area contributed by atoms with Crippen molar-refractivity contribution in [3.05, 3.63) is 28.2 Å². The number of halogens is 1. The van der Waals surface area contributed by atoms with Crippen LogP contribution in [-0.4, -0.2) is 36.6 Å². The summed E-state index contributed by atoms with van der Waals surface area (Å²) < 4.78 is 6.27. The number of aliphatic hydroxyl groups excluding tert-OH is 1. The molecule has 1 atom stereocenters. The lowest BCUT2D eigenvalue weighted by atomic mass is 10.1. The molecule has 0 aliphatic rings. The molecule has 1 aromatic rings. The zero-order valence-corrected chi connectivity index (χ0v) is 11.7. The van der Waals surface area contributed by atoms with Gasteiger partial charge in [-0.2, -0.15) is 0 Å². The summed E-state index contributed by atoms with van der Waals surface area (Å²) in [5, 5.41) is 9.61. The lowest BCUT2D eigenvalue weighted by Gasteiger charge is -2.15. The van der Waals surface area contributed by atoms with Crippen molar-refractivity contribution in [3.8, 4) is 5.75 Å². The molecular formula is C12H16BrNO3. The highest BCUT2D eigenvalue weighted by Crippen LogP contribution is 2.28. The predicted octanol–water partition coefficient (Wildman–Crippen LogP) is 1.97. The van der Waals surface area contributed by atoms with Crippen molar-refractivity contribution in [1.82, 2.24) is 4.90 Å². The molecule has 0 heterocycles. The van der Waals surface area contributed by atoms with Crippen LogP contribution in [0.5, 0.6) is 5.75 Å². The highest BCUT2D eigenvalue weighted by atomic mass is 79.9. The fraction of sp³-hybridized carbons (Fsp3) is 0.417. The van der Waals surface area contributed by atoms with Gasteiger partial charge in [0.2, 0.25) is 0 Å². The summed E-state index contributed by atoms with van der Waals surface area (Å²) in [5.41, 5.74) is 0.658. The largest absolute Gasteiger partial charge is 0.483 e. The SMILES string of the molecule is C[C@@H](O)c1cc(Br)ccc1OCC(=O)N(C)C. The Hall–Kier alpha value is -1.07. The minimum absolute atomic E-state index is 0.0334. The monoisotopic (exact) mass is 301 g/mol. The molecule has 0 unspecified atom stereocenters. The molecule has 17 heavy (non-hydrogen) atoms. The van der Waals surface area contributed by atoms with Crippen LogP contribution in [0.2, 0.25) is 0 Å². The van der Waals surface area contributed by atoms with E-state index >= 15 is 0 Å². The molecule has 4 nitrogen and oxygen atoms in total. The van der Waals surface area contributed by atoms with Crippen LogP contribution in [0.1, 0.15) is 18.6 Å². The number of rotatable bonds is 4. The predicted molar refractivity (Wildman–Crippen MR) is 69.0 cm³/mol. The average molecular weight is 302 g/mol. The van der Waals surface area contributed by atoms with E-state index in [4.69, 9.17) is 4.74 Å². The van der Waals surface area contributed by atoms with Crippen molar-refractivity contribution in [2.75, 3.05) is 20.7 Å². The van der Waals surface area contributed by atoms with Crippen LogP contribution in [0, 0.1) is 0 Å². The van der Waals surface area contributed by atoms with E-state index in [1.807, 2.05) is 0 Å². The van der Waals surface area contributed by atoms with Crippen LogP contribution in [-0.2, 0) is 4.79 Å². The van der Waals surface area contributed by atoms with Crippen LogP contribution >= 0.6 is 15.9 Å². The van der Waals surface area contributed by atoms with Crippen molar-refractivity contribution in [3.63, 3.8) is 0 Å². The highest BCUT2D eigenvalue weighted by molar-refractivity contribution is 9.10. The molecule has 0 aromatic heterocycles. The molecule has 94 valence electrons. The maximum Gasteiger partial charge on any atom is 0.259 e. The van der Waals surface area contributed by atoms with Gasteiger partial charge < -0.3 is 14.7 Å². The van der Waals surface area contributed by atoms with E-state index in [0.29, 0.717) is 11.3 Å². The number of ether oxygens (including phenoxy) is 1. The summed E-state index contributed by atoms with van der Waals surface area (Å²) in [5.74, 6) is 0.405. The van der Waals surface area contributed by atoms with Crippen LogP contribution in [0.4, 0.5) is 0 Å². The number of hydrogen-bond donors (Lipinski definition) is 1. The summed E-state index contributed by atoms with van der Waals surface area (Å²) in [4.78, 5) is 12.9. The Morgan fingerprint density at radius 1 is 1.53 bits per heavy atom. The number of benzene rings is 1. The average Bonchev–Trinajstić information content (AvgIpc) is 2.26. The smallest absolute Gasteiger partial charge is 0.259 e. The topological polar surface area (TPSA) is 49.8 Å². The Morgan fingerprint density at radius 2 is 2.18 bits per heavy atom. The minimum Gasteiger partial charge on any atom is -0.483 e. The number of amides is 1. The van der Waals surface area contributed by atoms with E-state index in [1.54, 1.807) is 39.2 Å². The number of likely N-dealkylation sites (N-methyl/N-ethyl adjacent to an activating group) is 1. The molecular weight excluding hydrogens is 286 g/mol. The molecule has 0 saturated heterocycles. The van der Waals surface area contributed by atoms with Gasteiger partial charge in [-0.3, -0.25) is 4.79 Å². The second-order valence-corrected chi connectivity index (χ2v) is 4.85. The molecule has 0 aliphatic carbocycles. The van der Waals surface area contributed by atoms with Crippen LogP contribution in [0.3, 0.4) is 0 Å². The number of hydrogen-bond acceptors (Lipinski definition) is 3. The van der Waals surface area contributed by atoms with Gasteiger partial charge in [0.1, 0.15) is 5.75 Å². The normalized spacial score (nSPS) is 12.1. The van der Waals surface area contributed by atoms with Gasteiger partial charge in [0.15, 0.2) is 6.61 Å². The zero-order valence-electron chi connectivity index (χ0n) is 10.1. The molecule has 0 fully saturated rings. The van der Waals surface area contributed by atoms with E-state index in [9.17, 15) is 9.90 Å². The van der Waals surface area contributed by atoms with E-state index in [2.05, 4.69) is 15.9 Å². The van der Waals surface area contributed by atoms with Crippen LogP contribution in [0.15, 0.2) is 22.7 Å². The second kappa shape index (κ2) is 6.02. The highest BCUT2D eigenvalue weighted by Gasteiger charge is 2.12. The van der Waals surface area contributed by atoms with E-state index in [1.165, 1.54) is 4.90 Å². The molecule has 0 bridgehead atoms. The van der Waals surface area contributed by atoms with Gasteiger partial charge in [-0.05, 0) is 25.1 Å². The summed E-state index contributed by atoms with van der Waals surface area (Å²) >= 11 is 3.33. The van der Waals surface area contributed by atoms with Crippen molar-refractivity contribution >= 4 is 21.8 Å². The molecule has 5 heteroatoms. The summed E-state index contributed by atoms with van der Waals surface area (Å²) in [6.07, 6.45) is -0.642. The molecule has 0 saturated carbocycles. The lowest BCUT2D eigenvalue weighted by Crippen LogP contribution is -2.27. The molecule has 1 amide bonds. The number of aliphatic hydroxyl groups is 1.